The van der Waals surface area contributed by atoms with Crippen LogP contribution >= 0.6 is 0 Å². The Morgan fingerprint density at radius 3 is 2.76 bits per heavy atom. The van der Waals surface area contributed by atoms with E-state index in [1.54, 1.807) is 0 Å². The first-order valence-electron chi connectivity index (χ1n) is 6.73. The van der Waals surface area contributed by atoms with Crippen molar-refractivity contribution in [3.63, 3.8) is 0 Å². The van der Waals surface area contributed by atoms with Crippen molar-refractivity contribution in [2.24, 2.45) is 0 Å². The van der Waals surface area contributed by atoms with Gasteiger partial charge in [-0.25, -0.2) is 0 Å². The summed E-state index contributed by atoms with van der Waals surface area (Å²) in [5, 5.41) is 3.27. The molecule has 1 aliphatic rings. The van der Waals surface area contributed by atoms with E-state index in [9.17, 15) is 4.79 Å². The molecule has 0 amide bonds. The molecule has 1 atom stereocenters. The Hall–Kier alpha value is -0.610. The third-order valence-corrected chi connectivity index (χ3v) is 3.03. The van der Waals surface area contributed by atoms with Crippen LogP contribution in [0.3, 0.4) is 0 Å². The van der Waals surface area contributed by atoms with Crippen molar-refractivity contribution < 1.29 is 14.3 Å². The highest BCUT2D eigenvalue weighted by Crippen LogP contribution is 2.20. The molecule has 4 heteroatoms. The van der Waals surface area contributed by atoms with Gasteiger partial charge in [-0.2, -0.15) is 0 Å². The first-order chi connectivity index (χ1) is 8.22. The molecule has 0 saturated heterocycles. The predicted octanol–water partition coefficient (Wildman–Crippen LogP) is 1.88. The summed E-state index contributed by atoms with van der Waals surface area (Å²) in [6, 6.07) is 0.154. The Morgan fingerprint density at radius 2 is 2.12 bits per heavy atom. The molecule has 1 rings (SSSR count). The minimum atomic E-state index is -0.135. The first kappa shape index (κ1) is 14.5. The van der Waals surface area contributed by atoms with Crippen molar-refractivity contribution in [2.45, 2.75) is 58.1 Å². The Balaban J connectivity index is 1.95. The molecule has 0 radical (unpaired) electrons. The van der Waals surface area contributed by atoms with E-state index in [0.29, 0.717) is 19.1 Å². The smallest absolute Gasteiger partial charge is 0.307 e. The maximum atomic E-state index is 11.2. The quantitative estimate of drug-likeness (QED) is 0.522. The molecular formula is C13H25NO3. The molecule has 0 heterocycles. The van der Waals surface area contributed by atoms with Crippen molar-refractivity contribution >= 4 is 5.97 Å². The molecule has 0 aromatic rings. The molecule has 1 fully saturated rings. The second-order valence-corrected chi connectivity index (χ2v) is 4.64. The topological polar surface area (TPSA) is 47.6 Å². The summed E-state index contributed by atoms with van der Waals surface area (Å²) in [6.45, 7) is 5.81. The summed E-state index contributed by atoms with van der Waals surface area (Å²) >= 11 is 0. The van der Waals surface area contributed by atoms with E-state index in [4.69, 9.17) is 9.47 Å². The fourth-order valence-electron chi connectivity index (χ4n) is 2.13. The van der Waals surface area contributed by atoms with E-state index in [-0.39, 0.29) is 12.0 Å². The Labute approximate surface area is 104 Å². The first-order valence-corrected chi connectivity index (χ1v) is 6.73. The van der Waals surface area contributed by atoms with Gasteiger partial charge in [0.05, 0.1) is 25.7 Å². The SMILES string of the molecule is CCOC(=O)CC(C)NCCOC1CCCC1. The van der Waals surface area contributed by atoms with Crippen molar-refractivity contribution in [3.8, 4) is 0 Å². The van der Waals surface area contributed by atoms with Gasteiger partial charge < -0.3 is 14.8 Å². The summed E-state index contributed by atoms with van der Waals surface area (Å²) < 4.78 is 10.6. The summed E-state index contributed by atoms with van der Waals surface area (Å²) in [5.74, 6) is -0.135. The lowest BCUT2D eigenvalue weighted by atomic mass is 10.2. The van der Waals surface area contributed by atoms with Crippen LogP contribution in [0.25, 0.3) is 0 Å². The van der Waals surface area contributed by atoms with E-state index < -0.39 is 0 Å². The lowest BCUT2D eigenvalue weighted by Crippen LogP contribution is -2.32. The number of rotatable bonds is 8. The third kappa shape index (κ3) is 6.64. The number of carbonyl (C=O) groups excluding carboxylic acids is 1. The number of ether oxygens (including phenoxy) is 2. The van der Waals surface area contributed by atoms with E-state index in [0.717, 1.165) is 13.2 Å². The van der Waals surface area contributed by atoms with Crippen molar-refractivity contribution in [2.75, 3.05) is 19.8 Å². The number of carbonyl (C=O) groups is 1. The van der Waals surface area contributed by atoms with Gasteiger partial charge in [-0.15, -0.1) is 0 Å². The second kappa shape index (κ2) is 8.48. The lowest BCUT2D eigenvalue weighted by Gasteiger charge is -2.15. The minimum absolute atomic E-state index is 0.135. The van der Waals surface area contributed by atoms with Crippen molar-refractivity contribution in [3.05, 3.63) is 0 Å². The Bertz CT molecular complexity index is 215. The highest BCUT2D eigenvalue weighted by atomic mass is 16.5. The second-order valence-electron chi connectivity index (χ2n) is 4.64. The van der Waals surface area contributed by atoms with Crippen LogP contribution in [0.5, 0.6) is 0 Å². The maximum absolute atomic E-state index is 11.2. The number of hydrogen-bond donors (Lipinski definition) is 1. The van der Waals surface area contributed by atoms with Gasteiger partial charge in [0.1, 0.15) is 0 Å². The molecule has 1 N–H and O–H groups in total. The van der Waals surface area contributed by atoms with Crippen LogP contribution in [0.4, 0.5) is 0 Å². The zero-order valence-corrected chi connectivity index (χ0v) is 11.0. The molecule has 0 aromatic carbocycles. The van der Waals surface area contributed by atoms with Gasteiger partial charge in [0.15, 0.2) is 0 Å². The van der Waals surface area contributed by atoms with Gasteiger partial charge in [-0.3, -0.25) is 4.79 Å². The fourth-order valence-corrected chi connectivity index (χ4v) is 2.13. The van der Waals surface area contributed by atoms with Gasteiger partial charge in [-0.05, 0) is 26.7 Å². The number of nitrogens with one attached hydrogen (secondary N) is 1. The van der Waals surface area contributed by atoms with E-state index in [2.05, 4.69) is 5.32 Å². The van der Waals surface area contributed by atoms with E-state index in [1.807, 2.05) is 13.8 Å². The molecule has 0 aliphatic heterocycles. The molecule has 0 aromatic heterocycles. The molecule has 4 nitrogen and oxygen atoms in total. The normalized spacial score (nSPS) is 18.2. The molecule has 100 valence electrons. The lowest BCUT2D eigenvalue weighted by molar-refractivity contribution is -0.143. The summed E-state index contributed by atoms with van der Waals surface area (Å²) in [6.07, 6.45) is 5.92. The standard InChI is InChI=1S/C13H25NO3/c1-3-16-13(15)10-11(2)14-8-9-17-12-6-4-5-7-12/h11-12,14H,3-10H2,1-2H3. The van der Waals surface area contributed by atoms with Crippen LogP contribution in [0.2, 0.25) is 0 Å². The zero-order chi connectivity index (χ0) is 12.5. The Kier molecular flexibility index (Phi) is 7.21. The molecule has 0 bridgehead atoms. The summed E-state index contributed by atoms with van der Waals surface area (Å²) in [7, 11) is 0. The molecule has 0 spiro atoms. The summed E-state index contributed by atoms with van der Waals surface area (Å²) in [5.41, 5.74) is 0. The van der Waals surface area contributed by atoms with Crippen molar-refractivity contribution in [1.82, 2.24) is 5.32 Å². The fraction of sp³-hybridized carbons (Fsp3) is 0.923. The number of hydrogen-bond acceptors (Lipinski definition) is 4. The average Bonchev–Trinajstić information content (AvgIpc) is 2.77. The van der Waals surface area contributed by atoms with Gasteiger partial charge in [0, 0.05) is 12.6 Å². The minimum Gasteiger partial charge on any atom is -0.466 e. The zero-order valence-electron chi connectivity index (χ0n) is 11.0. The van der Waals surface area contributed by atoms with E-state index in [1.165, 1.54) is 25.7 Å². The molecule has 17 heavy (non-hydrogen) atoms. The number of esters is 1. The van der Waals surface area contributed by atoms with Crippen LogP contribution < -0.4 is 5.32 Å². The van der Waals surface area contributed by atoms with Crippen LogP contribution in [0.15, 0.2) is 0 Å². The van der Waals surface area contributed by atoms with Gasteiger partial charge in [-0.1, -0.05) is 12.8 Å². The molecule has 1 unspecified atom stereocenters. The molecular weight excluding hydrogens is 218 g/mol. The van der Waals surface area contributed by atoms with Crippen LogP contribution in [-0.4, -0.2) is 37.9 Å². The van der Waals surface area contributed by atoms with Gasteiger partial charge >= 0.3 is 5.97 Å². The average molecular weight is 243 g/mol. The monoisotopic (exact) mass is 243 g/mol. The molecule has 1 saturated carbocycles. The highest BCUT2D eigenvalue weighted by molar-refractivity contribution is 5.69. The van der Waals surface area contributed by atoms with E-state index >= 15 is 0 Å². The van der Waals surface area contributed by atoms with Gasteiger partial charge in [0.25, 0.3) is 0 Å². The Morgan fingerprint density at radius 1 is 1.41 bits per heavy atom. The summed E-state index contributed by atoms with van der Waals surface area (Å²) in [4.78, 5) is 11.2. The van der Waals surface area contributed by atoms with Gasteiger partial charge in [0.2, 0.25) is 0 Å². The van der Waals surface area contributed by atoms with Crippen LogP contribution in [-0.2, 0) is 14.3 Å². The predicted molar refractivity (Wildman–Crippen MR) is 66.9 cm³/mol. The van der Waals surface area contributed by atoms with Crippen molar-refractivity contribution in [1.29, 1.82) is 0 Å². The largest absolute Gasteiger partial charge is 0.466 e. The van der Waals surface area contributed by atoms with Crippen LogP contribution in [0.1, 0.15) is 46.0 Å². The van der Waals surface area contributed by atoms with Crippen LogP contribution in [0, 0.1) is 0 Å². The third-order valence-electron chi connectivity index (χ3n) is 3.03. The molecule has 1 aliphatic carbocycles. The highest BCUT2D eigenvalue weighted by Gasteiger charge is 2.15. The maximum Gasteiger partial charge on any atom is 0.307 e.